The molecule has 1 aliphatic heterocycles. The number of hydrogen-bond donors (Lipinski definition) is 1. The van der Waals surface area contributed by atoms with E-state index in [9.17, 15) is 0 Å². The first-order chi connectivity index (χ1) is 3.83. The van der Waals surface area contributed by atoms with Crippen LogP contribution in [0.4, 0.5) is 0 Å². The van der Waals surface area contributed by atoms with E-state index in [4.69, 9.17) is 0 Å². The molecule has 8 heavy (non-hydrogen) atoms. The predicted molar refractivity (Wildman–Crippen MR) is 35.9 cm³/mol. The van der Waals surface area contributed by atoms with Gasteiger partial charge >= 0.3 is 0 Å². The summed E-state index contributed by atoms with van der Waals surface area (Å²) < 4.78 is 0. The van der Waals surface area contributed by atoms with Crippen LogP contribution in [0, 0.1) is 0 Å². The lowest BCUT2D eigenvalue weighted by atomic mass is 10.2. The van der Waals surface area contributed by atoms with Crippen LogP contribution in [-0.4, -0.2) is 12.1 Å². The standard InChI is InChI=1S/C7H15N/c1-3-7-5-4-6(2)8-7/h6-8H,3-5H2,1-2H3/t6-,7+/m1/s1. The lowest BCUT2D eigenvalue weighted by Crippen LogP contribution is -2.25. The molecule has 48 valence electrons. The van der Waals surface area contributed by atoms with Crippen molar-refractivity contribution in [3.63, 3.8) is 0 Å². The maximum atomic E-state index is 3.50. The van der Waals surface area contributed by atoms with E-state index in [1.807, 2.05) is 0 Å². The highest BCUT2D eigenvalue weighted by molar-refractivity contribution is 4.78. The van der Waals surface area contributed by atoms with Gasteiger partial charge in [0.2, 0.25) is 0 Å². The van der Waals surface area contributed by atoms with Gasteiger partial charge in [0.05, 0.1) is 0 Å². The van der Waals surface area contributed by atoms with Gasteiger partial charge in [0.15, 0.2) is 0 Å². The van der Waals surface area contributed by atoms with Crippen LogP contribution < -0.4 is 5.32 Å². The molecular formula is C7H15N. The van der Waals surface area contributed by atoms with Crippen molar-refractivity contribution >= 4 is 0 Å². The van der Waals surface area contributed by atoms with Gasteiger partial charge in [-0.15, -0.1) is 0 Å². The molecule has 0 aliphatic carbocycles. The first kappa shape index (κ1) is 6.09. The van der Waals surface area contributed by atoms with Crippen LogP contribution >= 0.6 is 0 Å². The van der Waals surface area contributed by atoms with E-state index in [1.165, 1.54) is 19.3 Å². The first-order valence-corrected chi connectivity index (χ1v) is 3.59. The summed E-state index contributed by atoms with van der Waals surface area (Å²) in [4.78, 5) is 0. The molecule has 0 bridgehead atoms. The summed E-state index contributed by atoms with van der Waals surface area (Å²) in [6.45, 7) is 4.51. The second-order valence-electron chi connectivity index (χ2n) is 2.75. The zero-order chi connectivity index (χ0) is 5.98. The molecule has 0 aromatic carbocycles. The van der Waals surface area contributed by atoms with Crippen molar-refractivity contribution in [3.8, 4) is 0 Å². The molecule has 1 fully saturated rings. The van der Waals surface area contributed by atoms with E-state index in [0.29, 0.717) is 0 Å². The Kier molecular flexibility index (Phi) is 1.90. The Labute approximate surface area is 51.5 Å². The average molecular weight is 113 g/mol. The topological polar surface area (TPSA) is 12.0 Å². The SMILES string of the molecule is CC[C@H]1CC[C@@H](C)N1. The summed E-state index contributed by atoms with van der Waals surface area (Å²) in [7, 11) is 0. The fraction of sp³-hybridized carbons (Fsp3) is 1.00. The van der Waals surface area contributed by atoms with Gasteiger partial charge < -0.3 is 5.32 Å². The molecule has 0 aromatic rings. The molecule has 1 heteroatoms. The van der Waals surface area contributed by atoms with Crippen molar-refractivity contribution in [2.75, 3.05) is 0 Å². The molecule has 1 rings (SSSR count). The highest BCUT2D eigenvalue weighted by Crippen LogP contribution is 2.13. The maximum Gasteiger partial charge on any atom is 0.00674 e. The van der Waals surface area contributed by atoms with Gasteiger partial charge in [-0.3, -0.25) is 0 Å². The largest absolute Gasteiger partial charge is 0.312 e. The number of rotatable bonds is 1. The summed E-state index contributed by atoms with van der Waals surface area (Å²) in [5, 5.41) is 3.50. The Balaban J connectivity index is 2.22. The van der Waals surface area contributed by atoms with E-state index < -0.39 is 0 Å². The van der Waals surface area contributed by atoms with Gasteiger partial charge in [-0.05, 0) is 26.2 Å². The second kappa shape index (κ2) is 2.49. The molecule has 2 atom stereocenters. The Morgan fingerprint density at radius 3 is 2.50 bits per heavy atom. The van der Waals surface area contributed by atoms with Crippen LogP contribution in [0.2, 0.25) is 0 Å². The van der Waals surface area contributed by atoms with Crippen molar-refractivity contribution in [3.05, 3.63) is 0 Å². The molecule has 0 aromatic heterocycles. The maximum absolute atomic E-state index is 3.50. The number of hydrogen-bond acceptors (Lipinski definition) is 1. The van der Waals surface area contributed by atoms with Crippen LogP contribution in [0.15, 0.2) is 0 Å². The quantitative estimate of drug-likeness (QED) is 0.544. The van der Waals surface area contributed by atoms with Crippen molar-refractivity contribution in [1.82, 2.24) is 5.32 Å². The van der Waals surface area contributed by atoms with E-state index in [0.717, 1.165) is 12.1 Å². The normalized spacial score (nSPS) is 38.2. The fourth-order valence-corrected chi connectivity index (χ4v) is 1.34. The Morgan fingerprint density at radius 1 is 1.50 bits per heavy atom. The van der Waals surface area contributed by atoms with Crippen molar-refractivity contribution < 1.29 is 0 Å². The van der Waals surface area contributed by atoms with E-state index in [1.54, 1.807) is 0 Å². The van der Waals surface area contributed by atoms with Crippen LogP contribution in [0.3, 0.4) is 0 Å². The minimum absolute atomic E-state index is 0.778. The molecule has 0 saturated carbocycles. The molecule has 1 saturated heterocycles. The van der Waals surface area contributed by atoms with Gasteiger partial charge in [0.25, 0.3) is 0 Å². The van der Waals surface area contributed by atoms with Gasteiger partial charge in [-0.1, -0.05) is 6.92 Å². The molecular weight excluding hydrogens is 98.1 g/mol. The summed E-state index contributed by atoms with van der Waals surface area (Å²) in [6, 6.07) is 1.60. The van der Waals surface area contributed by atoms with Crippen LogP contribution in [0.5, 0.6) is 0 Å². The average Bonchev–Trinajstić information content (AvgIpc) is 2.14. The lowest BCUT2D eigenvalue weighted by molar-refractivity contribution is 0.548. The second-order valence-corrected chi connectivity index (χ2v) is 2.75. The summed E-state index contributed by atoms with van der Waals surface area (Å²) in [5.74, 6) is 0. The zero-order valence-electron chi connectivity index (χ0n) is 5.78. The Hall–Kier alpha value is -0.0400. The van der Waals surface area contributed by atoms with Crippen molar-refractivity contribution in [2.24, 2.45) is 0 Å². The van der Waals surface area contributed by atoms with E-state index in [2.05, 4.69) is 19.2 Å². The Morgan fingerprint density at radius 2 is 2.25 bits per heavy atom. The lowest BCUT2D eigenvalue weighted by Gasteiger charge is -2.06. The zero-order valence-corrected chi connectivity index (χ0v) is 5.78. The fourth-order valence-electron chi connectivity index (χ4n) is 1.34. The summed E-state index contributed by atoms with van der Waals surface area (Å²) in [6.07, 6.45) is 4.06. The third-order valence-electron chi connectivity index (χ3n) is 1.96. The van der Waals surface area contributed by atoms with Crippen molar-refractivity contribution in [2.45, 2.75) is 45.2 Å². The molecule has 0 amide bonds. The van der Waals surface area contributed by atoms with Crippen LogP contribution in [0.25, 0.3) is 0 Å². The summed E-state index contributed by atoms with van der Waals surface area (Å²) >= 11 is 0. The third-order valence-corrected chi connectivity index (χ3v) is 1.96. The predicted octanol–water partition coefficient (Wildman–Crippen LogP) is 1.54. The van der Waals surface area contributed by atoms with Crippen LogP contribution in [0.1, 0.15) is 33.1 Å². The molecule has 1 nitrogen and oxygen atoms in total. The minimum atomic E-state index is 0.778. The monoisotopic (exact) mass is 113 g/mol. The highest BCUT2D eigenvalue weighted by Gasteiger charge is 2.17. The summed E-state index contributed by atoms with van der Waals surface area (Å²) in [5.41, 5.74) is 0. The third kappa shape index (κ3) is 1.22. The van der Waals surface area contributed by atoms with Gasteiger partial charge in [-0.25, -0.2) is 0 Å². The Bertz CT molecular complexity index is 70.8. The molecule has 0 spiro atoms. The molecule has 1 heterocycles. The smallest absolute Gasteiger partial charge is 0.00674 e. The number of nitrogens with one attached hydrogen (secondary N) is 1. The van der Waals surface area contributed by atoms with Crippen molar-refractivity contribution in [1.29, 1.82) is 0 Å². The molecule has 0 radical (unpaired) electrons. The van der Waals surface area contributed by atoms with Gasteiger partial charge in [0.1, 0.15) is 0 Å². The van der Waals surface area contributed by atoms with E-state index in [-0.39, 0.29) is 0 Å². The molecule has 0 unspecified atom stereocenters. The minimum Gasteiger partial charge on any atom is -0.312 e. The van der Waals surface area contributed by atoms with Gasteiger partial charge in [0, 0.05) is 12.1 Å². The van der Waals surface area contributed by atoms with E-state index >= 15 is 0 Å². The first-order valence-electron chi connectivity index (χ1n) is 3.59. The molecule has 1 N–H and O–H groups in total. The highest BCUT2D eigenvalue weighted by atomic mass is 15.0. The molecule has 1 aliphatic rings. The van der Waals surface area contributed by atoms with Crippen LogP contribution in [-0.2, 0) is 0 Å². The van der Waals surface area contributed by atoms with Gasteiger partial charge in [-0.2, -0.15) is 0 Å².